The average Bonchev–Trinajstić information content (AvgIpc) is 2.85. The van der Waals surface area contributed by atoms with E-state index in [9.17, 15) is 14.4 Å². The number of halogens is 1. The molecule has 2 atom stereocenters. The van der Waals surface area contributed by atoms with Crippen LogP contribution < -0.4 is 4.74 Å². The maximum absolute atomic E-state index is 13.4. The van der Waals surface area contributed by atoms with Gasteiger partial charge in [0.25, 0.3) is 0 Å². The van der Waals surface area contributed by atoms with Crippen molar-refractivity contribution in [2.45, 2.75) is 53.2 Å². The van der Waals surface area contributed by atoms with E-state index in [1.807, 2.05) is 48.2 Å². The van der Waals surface area contributed by atoms with Crippen LogP contribution in [0, 0.1) is 5.92 Å². The van der Waals surface area contributed by atoms with E-state index in [2.05, 4.69) is 19.9 Å². The first-order valence-corrected chi connectivity index (χ1v) is 12.3. The molecule has 0 N–H and O–H groups in total. The zero-order valence-electron chi connectivity index (χ0n) is 21.6. The van der Waals surface area contributed by atoms with Crippen LogP contribution in [0.15, 0.2) is 82.2 Å². The Balaban J connectivity index is 2.08. The lowest BCUT2D eigenvalue weighted by molar-refractivity contribution is -0.167. The number of carbonyl (C=O) groups excluding carboxylic acids is 3. The van der Waals surface area contributed by atoms with Gasteiger partial charge in [0.05, 0.1) is 12.1 Å². The summed E-state index contributed by atoms with van der Waals surface area (Å²) in [6.45, 7) is 9.23. The van der Waals surface area contributed by atoms with Crippen molar-refractivity contribution < 1.29 is 23.9 Å². The molecule has 0 aromatic heterocycles. The molecule has 6 nitrogen and oxygen atoms in total. The van der Waals surface area contributed by atoms with Crippen molar-refractivity contribution >= 4 is 29.1 Å². The van der Waals surface area contributed by atoms with Gasteiger partial charge in [0.2, 0.25) is 17.2 Å². The van der Waals surface area contributed by atoms with Gasteiger partial charge in [-0.05, 0) is 49.6 Å². The quantitative estimate of drug-likeness (QED) is 0.251. The Morgan fingerprint density at radius 1 is 1.17 bits per heavy atom. The second-order valence-corrected chi connectivity index (χ2v) is 9.61. The fourth-order valence-corrected chi connectivity index (χ4v) is 4.43. The minimum atomic E-state index is -2.00. The molecule has 0 radical (unpaired) electrons. The number of hydrogen-bond donors (Lipinski definition) is 0. The Hall–Kier alpha value is -3.38. The molecule has 0 spiro atoms. The zero-order chi connectivity index (χ0) is 26.6. The standard InChI is InChI=1S/C29H32ClNO5/c1-7-18(2)14-19(3)8-11-22-15-24-25(17-31(22)16-21-9-12-23(35-6)13-10-21)27(33)29(5,36-20(4)32)28(34)26(24)30/h8-15,17-18H,7,16H2,1-6H3/b11-8+,19-14+/t18-,29+/m0/s1. The summed E-state index contributed by atoms with van der Waals surface area (Å²) < 4.78 is 10.4. The van der Waals surface area contributed by atoms with E-state index < -0.39 is 23.1 Å². The Morgan fingerprint density at radius 2 is 1.83 bits per heavy atom. The molecule has 2 aliphatic rings. The number of benzene rings is 1. The van der Waals surface area contributed by atoms with Crippen LogP contribution in [-0.4, -0.2) is 35.1 Å². The second-order valence-electron chi connectivity index (χ2n) is 9.23. The zero-order valence-corrected chi connectivity index (χ0v) is 22.3. The van der Waals surface area contributed by atoms with Gasteiger partial charge in [-0.25, -0.2) is 0 Å². The number of fused-ring (bicyclic) bond motifs is 1. The van der Waals surface area contributed by atoms with Crippen LogP contribution in [0.3, 0.4) is 0 Å². The lowest BCUT2D eigenvalue weighted by Crippen LogP contribution is -2.51. The molecular formula is C29H32ClNO5. The maximum Gasteiger partial charge on any atom is 0.304 e. The molecule has 3 rings (SSSR count). The predicted molar refractivity (Wildman–Crippen MR) is 140 cm³/mol. The third-order valence-electron chi connectivity index (χ3n) is 6.31. The summed E-state index contributed by atoms with van der Waals surface area (Å²) in [5.41, 5.74) is 1.39. The van der Waals surface area contributed by atoms with E-state index in [0.717, 1.165) is 35.9 Å². The van der Waals surface area contributed by atoms with Gasteiger partial charge in [0, 0.05) is 36.5 Å². The molecule has 0 bridgehead atoms. The molecule has 7 heteroatoms. The molecule has 1 aromatic carbocycles. The maximum atomic E-state index is 13.4. The first kappa shape index (κ1) is 27.2. The van der Waals surface area contributed by atoms with E-state index in [1.54, 1.807) is 19.4 Å². The second kappa shape index (κ2) is 11.1. The van der Waals surface area contributed by atoms with Crippen LogP contribution in [0.5, 0.6) is 5.75 Å². The van der Waals surface area contributed by atoms with Crippen LogP contribution in [0.2, 0.25) is 0 Å². The van der Waals surface area contributed by atoms with Crippen molar-refractivity contribution in [1.29, 1.82) is 0 Å². The number of allylic oxidation sites excluding steroid dienone is 6. The highest BCUT2D eigenvalue weighted by molar-refractivity contribution is 6.49. The van der Waals surface area contributed by atoms with Gasteiger partial charge < -0.3 is 14.4 Å². The number of ether oxygens (including phenoxy) is 2. The summed E-state index contributed by atoms with van der Waals surface area (Å²) in [7, 11) is 1.61. The van der Waals surface area contributed by atoms with Crippen molar-refractivity contribution in [2.24, 2.45) is 5.92 Å². The summed E-state index contributed by atoms with van der Waals surface area (Å²) in [6.07, 6.45) is 10.6. The Bertz CT molecular complexity index is 1220. The Kier molecular flexibility index (Phi) is 8.41. The minimum absolute atomic E-state index is 0.133. The number of hydrogen-bond acceptors (Lipinski definition) is 6. The summed E-state index contributed by atoms with van der Waals surface area (Å²) in [5.74, 6) is -0.878. The minimum Gasteiger partial charge on any atom is -0.497 e. The Morgan fingerprint density at radius 3 is 2.42 bits per heavy atom. The van der Waals surface area contributed by atoms with Gasteiger partial charge in [0.1, 0.15) is 5.75 Å². The highest BCUT2D eigenvalue weighted by Gasteiger charge is 2.52. The molecule has 0 fully saturated rings. The molecule has 1 aromatic rings. The van der Waals surface area contributed by atoms with Crippen molar-refractivity contribution in [2.75, 3.05) is 7.11 Å². The Labute approximate surface area is 217 Å². The monoisotopic (exact) mass is 509 g/mol. The third kappa shape index (κ3) is 5.71. The number of methoxy groups -OCH3 is 1. The molecule has 190 valence electrons. The molecular weight excluding hydrogens is 478 g/mol. The molecule has 36 heavy (non-hydrogen) atoms. The number of ketones is 2. The molecule has 0 saturated heterocycles. The SMILES string of the molecule is CC[C@H](C)/C=C(C)/C=C/C1=CC2=C(Cl)C(=O)[C@](C)(OC(C)=O)C(=O)C2=CN1Cc1ccc(OC)cc1. The molecule has 1 aliphatic carbocycles. The number of Topliss-reactive ketones (excluding diaryl/α,β-unsaturated/α-hetero) is 2. The summed E-state index contributed by atoms with van der Waals surface area (Å²) in [4.78, 5) is 40.0. The van der Waals surface area contributed by atoms with Gasteiger partial charge >= 0.3 is 5.97 Å². The lowest BCUT2D eigenvalue weighted by Gasteiger charge is -2.35. The number of rotatable bonds is 8. The van der Waals surface area contributed by atoms with Gasteiger partial charge in [-0.1, -0.05) is 61.7 Å². The highest BCUT2D eigenvalue weighted by Crippen LogP contribution is 2.40. The summed E-state index contributed by atoms with van der Waals surface area (Å²) in [6, 6.07) is 7.63. The van der Waals surface area contributed by atoms with Crippen LogP contribution in [0.25, 0.3) is 0 Å². The van der Waals surface area contributed by atoms with Crippen LogP contribution in [0.4, 0.5) is 0 Å². The lowest BCUT2D eigenvalue weighted by atomic mass is 9.79. The molecule has 0 saturated carbocycles. The number of nitrogens with zero attached hydrogens (tertiary/aromatic N) is 1. The van der Waals surface area contributed by atoms with Crippen LogP contribution in [-0.2, 0) is 25.7 Å². The normalized spacial score (nSPS) is 21.3. The molecule has 0 amide bonds. The summed E-state index contributed by atoms with van der Waals surface area (Å²) in [5, 5.41) is -0.133. The molecule has 1 heterocycles. The highest BCUT2D eigenvalue weighted by atomic mass is 35.5. The van der Waals surface area contributed by atoms with Crippen molar-refractivity contribution in [3.63, 3.8) is 0 Å². The third-order valence-corrected chi connectivity index (χ3v) is 6.69. The van der Waals surface area contributed by atoms with Crippen molar-refractivity contribution in [3.8, 4) is 5.75 Å². The summed E-state index contributed by atoms with van der Waals surface area (Å²) >= 11 is 6.46. The first-order chi connectivity index (χ1) is 17.0. The van der Waals surface area contributed by atoms with Gasteiger partial charge in [-0.2, -0.15) is 0 Å². The van der Waals surface area contributed by atoms with Crippen molar-refractivity contribution in [1.82, 2.24) is 4.90 Å². The van der Waals surface area contributed by atoms with Crippen LogP contribution in [0.1, 0.15) is 46.6 Å². The van der Waals surface area contributed by atoms with E-state index >= 15 is 0 Å². The molecule has 0 unspecified atom stereocenters. The number of esters is 1. The molecule has 1 aliphatic heterocycles. The smallest absolute Gasteiger partial charge is 0.304 e. The van der Waals surface area contributed by atoms with Gasteiger partial charge in [-0.15, -0.1) is 0 Å². The van der Waals surface area contributed by atoms with Crippen molar-refractivity contribution in [3.05, 3.63) is 87.8 Å². The van der Waals surface area contributed by atoms with E-state index in [4.69, 9.17) is 21.1 Å². The van der Waals surface area contributed by atoms with E-state index in [0.29, 0.717) is 18.0 Å². The van der Waals surface area contributed by atoms with Gasteiger partial charge in [-0.3, -0.25) is 14.4 Å². The fraction of sp³-hybridized carbons (Fsp3) is 0.345. The van der Waals surface area contributed by atoms with E-state index in [1.165, 1.54) is 6.92 Å². The first-order valence-electron chi connectivity index (χ1n) is 11.9. The number of carbonyl (C=O) groups is 3. The average molecular weight is 510 g/mol. The largest absolute Gasteiger partial charge is 0.497 e. The predicted octanol–water partition coefficient (Wildman–Crippen LogP) is 5.79. The topological polar surface area (TPSA) is 72.9 Å². The van der Waals surface area contributed by atoms with Crippen LogP contribution >= 0.6 is 11.6 Å². The van der Waals surface area contributed by atoms with E-state index in [-0.39, 0.29) is 10.6 Å². The fourth-order valence-electron chi connectivity index (χ4n) is 4.09. The van der Waals surface area contributed by atoms with Gasteiger partial charge in [0.15, 0.2) is 0 Å².